The molecule has 4 aliphatic carbocycles. The van der Waals surface area contributed by atoms with Gasteiger partial charge in [-0.2, -0.15) is 0 Å². The minimum absolute atomic E-state index is 0.245. The molecule has 4 aliphatic rings. The summed E-state index contributed by atoms with van der Waals surface area (Å²) in [6, 6.07) is 0. The third-order valence-electron chi connectivity index (χ3n) is 5.89. The maximum Gasteiger partial charge on any atom is 0.0709 e. The van der Waals surface area contributed by atoms with Gasteiger partial charge in [-0.1, -0.05) is 20.3 Å². The van der Waals surface area contributed by atoms with Crippen LogP contribution in [0.3, 0.4) is 0 Å². The van der Waals surface area contributed by atoms with Gasteiger partial charge in [0.1, 0.15) is 0 Å². The van der Waals surface area contributed by atoms with E-state index >= 15 is 0 Å². The summed E-state index contributed by atoms with van der Waals surface area (Å²) in [4.78, 5) is 0. The van der Waals surface area contributed by atoms with Crippen LogP contribution in [0.4, 0.5) is 0 Å². The Bertz CT molecular complexity index is 259. The van der Waals surface area contributed by atoms with E-state index in [0.29, 0.717) is 0 Å². The average molecular weight is 208 g/mol. The number of hydrogen-bond acceptors (Lipinski definition) is 1. The first kappa shape index (κ1) is 10.1. The van der Waals surface area contributed by atoms with Gasteiger partial charge in [-0.15, -0.1) is 0 Å². The molecule has 0 aliphatic heterocycles. The van der Waals surface area contributed by atoms with Crippen molar-refractivity contribution >= 4 is 0 Å². The van der Waals surface area contributed by atoms with Crippen molar-refractivity contribution in [3.8, 4) is 0 Å². The van der Waals surface area contributed by atoms with Gasteiger partial charge in [0.15, 0.2) is 0 Å². The lowest BCUT2D eigenvalue weighted by molar-refractivity contribution is -0.223. The highest BCUT2D eigenvalue weighted by Gasteiger charge is 2.61. The Morgan fingerprint density at radius 2 is 1.73 bits per heavy atom. The van der Waals surface area contributed by atoms with E-state index in [0.717, 1.165) is 30.6 Å². The highest BCUT2D eigenvalue weighted by Crippen LogP contribution is 2.65. The zero-order chi connectivity index (χ0) is 10.7. The summed E-state index contributed by atoms with van der Waals surface area (Å²) in [7, 11) is 0. The predicted molar refractivity (Wildman–Crippen MR) is 61.5 cm³/mol. The standard InChI is InChI=1S/C14H24O/c1-3-4-13(2)12-6-10-5-11(7-12)9-14(13,15)8-10/h10-12,15H,3-9H2,1-2H3. The van der Waals surface area contributed by atoms with Crippen molar-refractivity contribution in [2.24, 2.45) is 23.2 Å². The monoisotopic (exact) mass is 208 g/mol. The van der Waals surface area contributed by atoms with Gasteiger partial charge < -0.3 is 5.11 Å². The fraction of sp³-hybridized carbons (Fsp3) is 1.00. The van der Waals surface area contributed by atoms with Gasteiger partial charge in [-0.25, -0.2) is 0 Å². The highest BCUT2D eigenvalue weighted by atomic mass is 16.3. The molecule has 3 unspecified atom stereocenters. The van der Waals surface area contributed by atoms with Gasteiger partial charge in [0.2, 0.25) is 0 Å². The van der Waals surface area contributed by atoms with Gasteiger partial charge in [-0.05, 0) is 61.7 Å². The summed E-state index contributed by atoms with van der Waals surface area (Å²) in [5.74, 6) is 2.54. The van der Waals surface area contributed by atoms with E-state index < -0.39 is 0 Å². The largest absolute Gasteiger partial charge is 0.389 e. The molecule has 1 heteroatoms. The molecule has 0 saturated heterocycles. The summed E-state index contributed by atoms with van der Waals surface area (Å²) in [5, 5.41) is 11.0. The van der Waals surface area contributed by atoms with Crippen LogP contribution in [0.2, 0.25) is 0 Å². The van der Waals surface area contributed by atoms with Crippen molar-refractivity contribution in [3.05, 3.63) is 0 Å². The maximum atomic E-state index is 11.0. The van der Waals surface area contributed by atoms with Crippen molar-refractivity contribution in [1.29, 1.82) is 0 Å². The zero-order valence-corrected chi connectivity index (χ0v) is 10.1. The van der Waals surface area contributed by atoms with Crippen molar-refractivity contribution in [2.75, 3.05) is 0 Å². The molecule has 4 saturated carbocycles. The Morgan fingerprint density at radius 1 is 1.13 bits per heavy atom. The third kappa shape index (κ3) is 1.19. The van der Waals surface area contributed by atoms with Crippen LogP contribution in [0.1, 0.15) is 58.8 Å². The molecule has 3 atom stereocenters. The smallest absolute Gasteiger partial charge is 0.0709 e. The highest BCUT2D eigenvalue weighted by molar-refractivity contribution is 5.12. The molecular formula is C14H24O. The van der Waals surface area contributed by atoms with Crippen LogP contribution in [0.15, 0.2) is 0 Å². The summed E-state index contributed by atoms with van der Waals surface area (Å²) < 4.78 is 0. The van der Waals surface area contributed by atoms with E-state index in [1.807, 2.05) is 0 Å². The molecule has 0 aromatic rings. The van der Waals surface area contributed by atoms with Crippen molar-refractivity contribution in [3.63, 3.8) is 0 Å². The lowest BCUT2D eigenvalue weighted by Gasteiger charge is -2.64. The second-order valence-corrected chi connectivity index (χ2v) is 6.74. The lowest BCUT2D eigenvalue weighted by atomic mass is 9.43. The van der Waals surface area contributed by atoms with Gasteiger partial charge >= 0.3 is 0 Å². The minimum Gasteiger partial charge on any atom is -0.389 e. The molecule has 1 N–H and O–H groups in total. The number of hydrogen-bond donors (Lipinski definition) is 1. The van der Waals surface area contributed by atoms with Crippen LogP contribution in [-0.4, -0.2) is 10.7 Å². The first-order valence-electron chi connectivity index (χ1n) is 6.80. The summed E-state index contributed by atoms with van der Waals surface area (Å²) >= 11 is 0. The van der Waals surface area contributed by atoms with E-state index in [2.05, 4.69) is 13.8 Å². The van der Waals surface area contributed by atoms with Crippen LogP contribution in [0.5, 0.6) is 0 Å². The Labute approximate surface area is 93.3 Å². The first-order valence-corrected chi connectivity index (χ1v) is 6.80. The molecule has 0 aromatic carbocycles. The average Bonchev–Trinajstić information content (AvgIpc) is 2.13. The Hall–Kier alpha value is -0.0400. The second-order valence-electron chi connectivity index (χ2n) is 6.74. The van der Waals surface area contributed by atoms with Gasteiger partial charge in [-0.3, -0.25) is 0 Å². The molecule has 15 heavy (non-hydrogen) atoms. The van der Waals surface area contributed by atoms with Crippen molar-refractivity contribution < 1.29 is 5.11 Å². The summed E-state index contributed by atoms with van der Waals surface area (Å²) in [6.07, 6.45) is 8.91. The Morgan fingerprint density at radius 3 is 2.20 bits per heavy atom. The van der Waals surface area contributed by atoms with E-state index in [1.165, 1.54) is 32.1 Å². The molecule has 1 nitrogen and oxygen atoms in total. The van der Waals surface area contributed by atoms with Crippen LogP contribution >= 0.6 is 0 Å². The molecule has 4 bridgehead atoms. The molecule has 4 rings (SSSR count). The molecule has 86 valence electrons. The topological polar surface area (TPSA) is 20.2 Å². The quantitative estimate of drug-likeness (QED) is 0.737. The fourth-order valence-electron chi connectivity index (χ4n) is 5.26. The van der Waals surface area contributed by atoms with E-state index in [9.17, 15) is 5.11 Å². The third-order valence-corrected chi connectivity index (χ3v) is 5.89. The molecule has 0 amide bonds. The lowest BCUT2D eigenvalue weighted by Crippen LogP contribution is -2.63. The normalized spacial score (nSPS) is 57.4. The summed E-state index contributed by atoms with van der Waals surface area (Å²) in [6.45, 7) is 4.64. The first-order chi connectivity index (χ1) is 7.07. The van der Waals surface area contributed by atoms with Gasteiger partial charge in [0.25, 0.3) is 0 Å². The van der Waals surface area contributed by atoms with Gasteiger partial charge in [0, 0.05) is 0 Å². The van der Waals surface area contributed by atoms with E-state index in [4.69, 9.17) is 0 Å². The molecule has 0 spiro atoms. The molecular weight excluding hydrogens is 184 g/mol. The molecule has 4 fully saturated rings. The molecule has 0 heterocycles. The predicted octanol–water partition coefficient (Wildman–Crippen LogP) is 3.36. The van der Waals surface area contributed by atoms with Crippen LogP contribution in [0.25, 0.3) is 0 Å². The zero-order valence-electron chi connectivity index (χ0n) is 10.1. The van der Waals surface area contributed by atoms with Crippen molar-refractivity contribution in [2.45, 2.75) is 64.4 Å². The number of aliphatic hydroxyl groups is 1. The Balaban J connectivity index is 1.96. The Kier molecular flexibility index (Phi) is 2.03. The van der Waals surface area contributed by atoms with Crippen LogP contribution in [-0.2, 0) is 0 Å². The molecule has 0 radical (unpaired) electrons. The SMILES string of the molecule is CCCC1(C)C2CC3CC(C2)CC1(O)C3. The van der Waals surface area contributed by atoms with Crippen molar-refractivity contribution in [1.82, 2.24) is 0 Å². The number of rotatable bonds is 2. The van der Waals surface area contributed by atoms with E-state index in [-0.39, 0.29) is 11.0 Å². The van der Waals surface area contributed by atoms with Gasteiger partial charge in [0.05, 0.1) is 5.60 Å². The summed E-state index contributed by atoms with van der Waals surface area (Å²) in [5.41, 5.74) is -0.0487. The minimum atomic E-state index is -0.294. The van der Waals surface area contributed by atoms with Crippen LogP contribution in [0, 0.1) is 23.2 Å². The molecule has 0 aromatic heterocycles. The van der Waals surface area contributed by atoms with E-state index in [1.54, 1.807) is 0 Å². The maximum absolute atomic E-state index is 11.0. The van der Waals surface area contributed by atoms with Crippen LogP contribution < -0.4 is 0 Å². The fourth-order valence-corrected chi connectivity index (χ4v) is 5.26. The second kappa shape index (κ2) is 3.00.